The Kier molecular flexibility index (Phi) is 9.17. The van der Waals surface area contributed by atoms with Gasteiger partial charge >= 0.3 is 0 Å². The number of rotatable bonds is 7. The highest BCUT2D eigenvalue weighted by Crippen LogP contribution is 2.42. The summed E-state index contributed by atoms with van der Waals surface area (Å²) in [4.78, 5) is 10.5. The highest BCUT2D eigenvalue weighted by atomic mass is 15.0. The monoisotopic (exact) mass is 851 g/mol. The van der Waals surface area contributed by atoms with Crippen molar-refractivity contribution >= 4 is 54.1 Å². The first-order valence-electron chi connectivity index (χ1n) is 22.9. The van der Waals surface area contributed by atoms with E-state index in [4.69, 9.17) is 9.97 Å². The van der Waals surface area contributed by atoms with Gasteiger partial charge in [-0.25, -0.2) is 9.97 Å². The topological polar surface area (TPSA) is 30.7 Å². The van der Waals surface area contributed by atoms with Gasteiger partial charge in [0.25, 0.3) is 0 Å². The minimum Gasteiger partial charge on any atom is -0.309 e. The van der Waals surface area contributed by atoms with E-state index >= 15 is 0 Å². The predicted molar refractivity (Wildman–Crippen MR) is 282 cm³/mol. The normalized spacial score (nSPS) is 11.6. The Hall–Kier alpha value is -8.92. The van der Waals surface area contributed by atoms with Crippen LogP contribution in [0.3, 0.4) is 0 Å². The van der Waals surface area contributed by atoms with Crippen molar-refractivity contribution in [1.29, 1.82) is 0 Å². The Morgan fingerprint density at radius 1 is 0.284 bits per heavy atom. The number of para-hydroxylation sites is 2. The minimum absolute atomic E-state index is 0.698. The summed E-state index contributed by atoms with van der Waals surface area (Å²) < 4.78 is 2.35. The van der Waals surface area contributed by atoms with E-state index in [1.807, 2.05) is 18.2 Å². The Labute approximate surface area is 388 Å². The fraction of sp³-hybridized carbons (Fsp3) is 0. The minimum atomic E-state index is 0.698. The first-order chi connectivity index (χ1) is 33.2. The number of hydrogen-bond acceptors (Lipinski definition) is 2. The summed E-state index contributed by atoms with van der Waals surface area (Å²) >= 11 is 0. The van der Waals surface area contributed by atoms with E-state index in [9.17, 15) is 0 Å². The van der Waals surface area contributed by atoms with Gasteiger partial charge in [0.15, 0.2) is 5.82 Å². The third-order valence-electron chi connectivity index (χ3n) is 13.4. The zero-order chi connectivity index (χ0) is 44.3. The quantitative estimate of drug-likeness (QED) is 0.118. The Bertz CT molecular complexity index is 3980. The molecule has 0 aliphatic carbocycles. The van der Waals surface area contributed by atoms with Gasteiger partial charge in [0.1, 0.15) is 0 Å². The van der Waals surface area contributed by atoms with Gasteiger partial charge in [-0.15, -0.1) is 0 Å². The van der Waals surface area contributed by atoms with Gasteiger partial charge in [0.2, 0.25) is 0 Å². The molecule has 0 saturated heterocycles. The van der Waals surface area contributed by atoms with Crippen LogP contribution >= 0.6 is 0 Å². The molecule has 13 rings (SSSR count). The molecule has 67 heavy (non-hydrogen) atoms. The van der Waals surface area contributed by atoms with Crippen molar-refractivity contribution in [2.45, 2.75) is 0 Å². The highest BCUT2D eigenvalue weighted by Gasteiger charge is 2.19. The van der Waals surface area contributed by atoms with Crippen LogP contribution in [0.5, 0.6) is 0 Å². The fourth-order valence-electron chi connectivity index (χ4n) is 10.2. The van der Waals surface area contributed by atoms with Gasteiger partial charge in [-0.1, -0.05) is 212 Å². The van der Waals surface area contributed by atoms with Gasteiger partial charge in [-0.05, 0) is 102 Å². The number of nitrogens with zero attached hydrogens (tertiary/aromatic N) is 3. The van der Waals surface area contributed by atoms with E-state index in [1.165, 1.54) is 65.3 Å². The Balaban J connectivity index is 0.833. The lowest BCUT2D eigenvalue weighted by molar-refractivity contribution is 1.18. The van der Waals surface area contributed by atoms with Gasteiger partial charge in [0, 0.05) is 33.2 Å². The van der Waals surface area contributed by atoms with Crippen molar-refractivity contribution in [3.05, 3.63) is 249 Å². The maximum absolute atomic E-state index is 5.27. The smallest absolute Gasteiger partial charge is 0.160 e. The van der Waals surface area contributed by atoms with Crippen LogP contribution in [0.15, 0.2) is 249 Å². The summed E-state index contributed by atoms with van der Waals surface area (Å²) in [6.07, 6.45) is 0. The summed E-state index contributed by atoms with van der Waals surface area (Å²) in [5, 5.41) is 10.00. The molecule has 3 nitrogen and oxygen atoms in total. The van der Waals surface area contributed by atoms with Crippen LogP contribution in [0.1, 0.15) is 0 Å². The van der Waals surface area contributed by atoms with Gasteiger partial charge in [0.05, 0.1) is 22.4 Å². The summed E-state index contributed by atoms with van der Waals surface area (Å²) in [6.45, 7) is 0. The molecular weight excluding hydrogens is 811 g/mol. The zero-order valence-electron chi connectivity index (χ0n) is 36.5. The second kappa shape index (κ2) is 16.0. The standard InChI is InChI=1S/C64H41N3/c1-3-15-49(16-4-1)64-65-58(41-59(66-64)55-23-13-25-61-63(55)56-22-11-12-24-60(56)67(61)51-18-5-2-6-19-51)47-34-30-44(31-35-47)42-26-28-43(29-27-42)45-32-36-48(37-33-45)62-53-21-10-8-17-50(53)40-57-52-20-9-7-14-46(52)38-39-54(57)62/h1-41H. The van der Waals surface area contributed by atoms with E-state index in [0.717, 1.165) is 55.9 Å². The molecule has 2 aromatic heterocycles. The molecule has 0 N–H and O–H groups in total. The van der Waals surface area contributed by atoms with E-state index in [1.54, 1.807) is 0 Å². The predicted octanol–water partition coefficient (Wildman–Crippen LogP) is 17.0. The molecule has 0 atom stereocenters. The molecule has 0 unspecified atom stereocenters. The second-order valence-corrected chi connectivity index (χ2v) is 17.3. The van der Waals surface area contributed by atoms with Crippen LogP contribution in [0.2, 0.25) is 0 Å². The number of fused-ring (bicyclic) bond motifs is 7. The van der Waals surface area contributed by atoms with Crippen molar-refractivity contribution in [3.8, 4) is 73.0 Å². The molecule has 0 amide bonds. The molecule has 0 fully saturated rings. The van der Waals surface area contributed by atoms with E-state index in [-0.39, 0.29) is 0 Å². The van der Waals surface area contributed by atoms with Gasteiger partial charge < -0.3 is 4.57 Å². The van der Waals surface area contributed by atoms with Crippen LogP contribution in [-0.4, -0.2) is 14.5 Å². The SMILES string of the molecule is c1ccc(-c2nc(-c3ccc(-c4ccc(-c5ccc(-c6c7ccccc7cc7c6ccc6ccccc67)cc5)cc4)cc3)cc(-c3cccc4c3c3ccccc3n4-c3ccccc3)n2)cc1. The first kappa shape index (κ1) is 38.5. The summed E-state index contributed by atoms with van der Waals surface area (Å²) in [5.74, 6) is 0.698. The summed E-state index contributed by atoms with van der Waals surface area (Å²) in [6, 6.07) is 89.4. The lowest BCUT2D eigenvalue weighted by atomic mass is 9.89. The first-order valence-corrected chi connectivity index (χ1v) is 22.9. The van der Waals surface area contributed by atoms with Crippen LogP contribution in [0.4, 0.5) is 0 Å². The lowest BCUT2D eigenvalue weighted by Gasteiger charge is -2.14. The van der Waals surface area contributed by atoms with Crippen molar-refractivity contribution in [2.24, 2.45) is 0 Å². The van der Waals surface area contributed by atoms with Crippen molar-refractivity contribution < 1.29 is 0 Å². The zero-order valence-corrected chi connectivity index (χ0v) is 36.5. The van der Waals surface area contributed by atoms with Crippen LogP contribution in [-0.2, 0) is 0 Å². The molecule has 2 heterocycles. The largest absolute Gasteiger partial charge is 0.309 e. The molecule has 11 aromatic carbocycles. The van der Waals surface area contributed by atoms with E-state index in [2.05, 4.69) is 235 Å². The molecule has 0 saturated carbocycles. The molecule has 0 spiro atoms. The molecule has 312 valence electrons. The molecule has 0 bridgehead atoms. The third-order valence-corrected chi connectivity index (χ3v) is 13.4. The van der Waals surface area contributed by atoms with E-state index < -0.39 is 0 Å². The number of benzene rings is 11. The fourth-order valence-corrected chi connectivity index (χ4v) is 10.2. The second-order valence-electron chi connectivity index (χ2n) is 17.3. The third kappa shape index (κ3) is 6.67. The maximum atomic E-state index is 5.27. The Morgan fingerprint density at radius 2 is 0.821 bits per heavy atom. The van der Waals surface area contributed by atoms with Crippen LogP contribution in [0.25, 0.3) is 127 Å². The van der Waals surface area contributed by atoms with Gasteiger partial charge in [-0.3, -0.25) is 0 Å². The molecule has 0 aliphatic heterocycles. The Morgan fingerprint density at radius 3 is 1.52 bits per heavy atom. The van der Waals surface area contributed by atoms with Crippen LogP contribution in [0, 0.1) is 0 Å². The summed E-state index contributed by atoms with van der Waals surface area (Å²) in [5.41, 5.74) is 15.5. The van der Waals surface area contributed by atoms with E-state index in [0.29, 0.717) is 5.82 Å². The lowest BCUT2D eigenvalue weighted by Crippen LogP contribution is -1.96. The molecule has 13 aromatic rings. The van der Waals surface area contributed by atoms with Crippen molar-refractivity contribution in [2.75, 3.05) is 0 Å². The number of hydrogen-bond donors (Lipinski definition) is 0. The molecule has 3 heteroatoms. The van der Waals surface area contributed by atoms with Crippen molar-refractivity contribution in [3.63, 3.8) is 0 Å². The summed E-state index contributed by atoms with van der Waals surface area (Å²) in [7, 11) is 0. The average Bonchev–Trinajstić information content (AvgIpc) is 3.75. The highest BCUT2D eigenvalue weighted by molar-refractivity contribution is 6.20. The molecular formula is C64H41N3. The number of aromatic nitrogens is 3. The maximum Gasteiger partial charge on any atom is 0.160 e. The average molecular weight is 852 g/mol. The molecule has 0 aliphatic rings. The molecule has 0 radical (unpaired) electrons. The van der Waals surface area contributed by atoms with Crippen LogP contribution < -0.4 is 0 Å². The van der Waals surface area contributed by atoms with Gasteiger partial charge in [-0.2, -0.15) is 0 Å². The van der Waals surface area contributed by atoms with Crippen molar-refractivity contribution in [1.82, 2.24) is 14.5 Å².